The van der Waals surface area contributed by atoms with Gasteiger partial charge in [0.05, 0.1) is 0 Å². The van der Waals surface area contributed by atoms with Gasteiger partial charge in [0.1, 0.15) is 12.4 Å². The average Bonchev–Trinajstić information content (AvgIpc) is 2.26. The Morgan fingerprint density at radius 3 is 2.53 bits per heavy atom. The van der Waals surface area contributed by atoms with E-state index < -0.39 is 0 Å². The Balaban J connectivity index is 2.57. The fraction of sp³-hybridized carbons (Fsp3) is 0.333. The third kappa shape index (κ3) is 3.94. The second-order valence-corrected chi connectivity index (χ2v) is 3.82. The number of hydrogen-bond donors (Lipinski definition) is 1. The van der Waals surface area contributed by atoms with Crippen molar-refractivity contribution in [2.24, 2.45) is 5.73 Å². The number of nitrogens with two attached hydrogens (primary N) is 1. The summed E-state index contributed by atoms with van der Waals surface area (Å²) in [5.41, 5.74) is 9.36. The van der Waals surface area contributed by atoms with Crippen LogP contribution in [0.4, 0.5) is 0 Å². The number of halogens is 1. The van der Waals surface area contributed by atoms with Crippen molar-refractivity contribution in [2.45, 2.75) is 19.9 Å². The van der Waals surface area contributed by atoms with Crippen LogP contribution >= 0.6 is 11.6 Å². The quantitative estimate of drug-likeness (QED) is 0.854. The molecule has 3 heteroatoms. The monoisotopic (exact) mass is 225 g/mol. The summed E-state index contributed by atoms with van der Waals surface area (Å²) in [5.74, 6) is 0.831. The molecule has 0 saturated heterocycles. The molecule has 1 aromatic rings. The Hall–Kier alpha value is -0.990. The molecule has 0 aliphatic carbocycles. The fourth-order valence-corrected chi connectivity index (χ4v) is 1.16. The third-order valence-electron chi connectivity index (χ3n) is 2.06. The van der Waals surface area contributed by atoms with E-state index in [-0.39, 0.29) is 6.04 Å². The summed E-state index contributed by atoms with van der Waals surface area (Å²) < 4.78 is 5.50. The van der Waals surface area contributed by atoms with Gasteiger partial charge in [-0.3, -0.25) is 0 Å². The van der Waals surface area contributed by atoms with Crippen LogP contribution in [0.15, 0.2) is 35.4 Å². The molecule has 15 heavy (non-hydrogen) atoms. The maximum Gasteiger partial charge on any atom is 0.119 e. The maximum atomic E-state index is 5.74. The maximum absolute atomic E-state index is 5.74. The van der Waals surface area contributed by atoms with E-state index in [9.17, 15) is 0 Å². The van der Waals surface area contributed by atoms with Crippen LogP contribution in [0, 0.1) is 0 Å². The summed E-state index contributed by atoms with van der Waals surface area (Å²) in [6, 6.07) is 7.84. The van der Waals surface area contributed by atoms with Gasteiger partial charge in [-0.2, -0.15) is 0 Å². The lowest BCUT2D eigenvalue weighted by Crippen LogP contribution is -2.04. The zero-order valence-corrected chi connectivity index (χ0v) is 9.79. The smallest absolute Gasteiger partial charge is 0.119 e. The van der Waals surface area contributed by atoms with Gasteiger partial charge < -0.3 is 10.5 Å². The van der Waals surface area contributed by atoms with Crippen molar-refractivity contribution >= 4 is 11.6 Å². The molecular formula is C12H16ClNO. The highest BCUT2D eigenvalue weighted by Gasteiger charge is 1.99. The van der Waals surface area contributed by atoms with Gasteiger partial charge in [0.25, 0.3) is 0 Å². The van der Waals surface area contributed by atoms with Gasteiger partial charge in [0, 0.05) is 11.6 Å². The van der Waals surface area contributed by atoms with Gasteiger partial charge in [-0.25, -0.2) is 0 Å². The van der Waals surface area contributed by atoms with E-state index in [0.717, 1.165) is 16.9 Å². The van der Waals surface area contributed by atoms with Crippen LogP contribution in [0.3, 0.4) is 0 Å². The second-order valence-electron chi connectivity index (χ2n) is 3.60. The summed E-state index contributed by atoms with van der Waals surface area (Å²) in [4.78, 5) is 0. The van der Waals surface area contributed by atoms with Gasteiger partial charge >= 0.3 is 0 Å². The highest BCUT2D eigenvalue weighted by Crippen LogP contribution is 2.16. The first kappa shape index (κ1) is 12.1. The van der Waals surface area contributed by atoms with Gasteiger partial charge in [-0.15, -0.1) is 0 Å². The minimum Gasteiger partial charge on any atom is -0.489 e. The molecule has 2 nitrogen and oxygen atoms in total. The fourth-order valence-electron chi connectivity index (χ4n) is 1.10. The highest BCUT2D eigenvalue weighted by molar-refractivity contribution is 6.25. The summed E-state index contributed by atoms with van der Waals surface area (Å²) in [6.07, 6.45) is 0. The lowest BCUT2D eigenvalue weighted by atomic mass is 10.1. The second kappa shape index (κ2) is 5.79. The van der Waals surface area contributed by atoms with E-state index in [1.807, 2.05) is 38.1 Å². The average molecular weight is 226 g/mol. The van der Waals surface area contributed by atoms with Crippen molar-refractivity contribution < 1.29 is 4.74 Å². The summed E-state index contributed by atoms with van der Waals surface area (Å²) in [6.45, 7) is 4.39. The molecule has 1 atom stereocenters. The summed E-state index contributed by atoms with van der Waals surface area (Å²) in [7, 11) is 0. The molecule has 2 N–H and O–H groups in total. The Morgan fingerprint density at radius 2 is 2.07 bits per heavy atom. The lowest BCUT2D eigenvalue weighted by molar-refractivity contribution is 0.352. The third-order valence-corrected chi connectivity index (χ3v) is 2.43. The van der Waals surface area contributed by atoms with Crippen molar-refractivity contribution in [3.8, 4) is 5.75 Å². The molecule has 1 rings (SSSR count). The van der Waals surface area contributed by atoms with Crippen molar-refractivity contribution in [1.82, 2.24) is 0 Å². The van der Waals surface area contributed by atoms with Crippen molar-refractivity contribution in [1.29, 1.82) is 0 Å². The normalized spacial score (nSPS) is 13.7. The van der Waals surface area contributed by atoms with Crippen LogP contribution in [-0.4, -0.2) is 6.61 Å². The number of benzene rings is 1. The Bertz CT molecular complexity index is 330. The molecule has 0 spiro atoms. The van der Waals surface area contributed by atoms with E-state index >= 15 is 0 Å². The van der Waals surface area contributed by atoms with Gasteiger partial charge in [0.15, 0.2) is 0 Å². The SMILES string of the molecule is C/C(=C\Cl)COc1ccc([C@@H](C)N)cc1. The van der Waals surface area contributed by atoms with Crippen molar-refractivity contribution in [3.63, 3.8) is 0 Å². The van der Waals surface area contributed by atoms with Gasteiger partial charge in [0.2, 0.25) is 0 Å². The molecule has 0 bridgehead atoms. The summed E-state index contributed by atoms with van der Waals surface area (Å²) in [5, 5.41) is 0. The molecule has 0 saturated carbocycles. The first-order chi connectivity index (χ1) is 7.13. The minimum atomic E-state index is 0.0588. The van der Waals surface area contributed by atoms with Crippen LogP contribution in [0.25, 0.3) is 0 Å². The van der Waals surface area contributed by atoms with Crippen LogP contribution < -0.4 is 10.5 Å². The van der Waals surface area contributed by atoms with E-state index in [1.54, 1.807) is 0 Å². The lowest BCUT2D eigenvalue weighted by Gasteiger charge is -2.08. The molecular weight excluding hydrogens is 210 g/mol. The number of ether oxygens (including phenoxy) is 1. The topological polar surface area (TPSA) is 35.2 Å². The summed E-state index contributed by atoms with van der Waals surface area (Å²) >= 11 is 5.53. The van der Waals surface area contributed by atoms with Crippen LogP contribution in [0.1, 0.15) is 25.5 Å². The molecule has 0 radical (unpaired) electrons. The molecule has 0 unspecified atom stereocenters. The van der Waals surface area contributed by atoms with E-state index in [1.165, 1.54) is 5.54 Å². The molecule has 82 valence electrons. The van der Waals surface area contributed by atoms with E-state index in [2.05, 4.69) is 0 Å². The van der Waals surface area contributed by atoms with Crippen molar-refractivity contribution in [2.75, 3.05) is 6.61 Å². The van der Waals surface area contributed by atoms with Crippen LogP contribution in [0.5, 0.6) is 5.75 Å². The molecule has 0 fully saturated rings. The van der Waals surface area contributed by atoms with Gasteiger partial charge in [-0.05, 0) is 37.1 Å². The Kier molecular flexibility index (Phi) is 4.66. The van der Waals surface area contributed by atoms with Crippen LogP contribution in [-0.2, 0) is 0 Å². The largest absolute Gasteiger partial charge is 0.489 e. The molecule has 0 aliphatic rings. The molecule has 0 amide bonds. The zero-order valence-electron chi connectivity index (χ0n) is 9.03. The number of hydrogen-bond acceptors (Lipinski definition) is 2. The van der Waals surface area contributed by atoms with Crippen LogP contribution in [0.2, 0.25) is 0 Å². The first-order valence-electron chi connectivity index (χ1n) is 4.87. The number of rotatable bonds is 4. The molecule has 0 aromatic heterocycles. The van der Waals surface area contributed by atoms with E-state index in [4.69, 9.17) is 22.1 Å². The first-order valence-corrected chi connectivity index (χ1v) is 5.31. The predicted octanol–water partition coefficient (Wildman–Crippen LogP) is 3.23. The zero-order chi connectivity index (χ0) is 11.3. The standard InChI is InChI=1S/C12H16ClNO/c1-9(7-13)8-15-12-5-3-11(4-6-12)10(2)14/h3-7,10H,8,14H2,1-2H3/b9-7+/t10-/m1/s1. The molecule has 0 heterocycles. The minimum absolute atomic E-state index is 0.0588. The molecule has 1 aromatic carbocycles. The molecule has 0 aliphatic heterocycles. The predicted molar refractivity (Wildman–Crippen MR) is 64.1 cm³/mol. The Morgan fingerprint density at radius 1 is 1.47 bits per heavy atom. The van der Waals surface area contributed by atoms with Gasteiger partial charge in [-0.1, -0.05) is 23.7 Å². The van der Waals surface area contributed by atoms with Crippen molar-refractivity contribution in [3.05, 3.63) is 40.9 Å². The Labute approximate surface area is 95.7 Å². The van der Waals surface area contributed by atoms with E-state index in [0.29, 0.717) is 6.61 Å². The highest BCUT2D eigenvalue weighted by atomic mass is 35.5.